The molecule has 0 atom stereocenters. The zero-order valence-electron chi connectivity index (χ0n) is 11.2. The highest BCUT2D eigenvalue weighted by molar-refractivity contribution is 5.89. The molecule has 0 aliphatic rings. The first-order chi connectivity index (χ1) is 9.70. The molecule has 0 aliphatic carbocycles. The van der Waals surface area contributed by atoms with Crippen LogP contribution in [0.25, 0.3) is 6.08 Å². The Balaban J connectivity index is 2.08. The van der Waals surface area contributed by atoms with Gasteiger partial charge in [0, 0.05) is 11.6 Å². The van der Waals surface area contributed by atoms with E-state index in [9.17, 15) is 9.90 Å². The van der Waals surface area contributed by atoms with Gasteiger partial charge in [0.2, 0.25) is 0 Å². The summed E-state index contributed by atoms with van der Waals surface area (Å²) in [5, 5.41) is 9.59. The van der Waals surface area contributed by atoms with Gasteiger partial charge >= 0.3 is 5.97 Å². The number of para-hydroxylation sites is 2. The molecule has 0 aromatic heterocycles. The Morgan fingerprint density at radius 2 is 1.85 bits per heavy atom. The number of carbonyl (C=O) groups is 1. The lowest BCUT2D eigenvalue weighted by Gasteiger charge is -2.06. The zero-order valence-corrected chi connectivity index (χ0v) is 11.2. The van der Waals surface area contributed by atoms with Crippen LogP contribution in [-0.4, -0.2) is 11.1 Å². The van der Waals surface area contributed by atoms with E-state index in [1.54, 1.807) is 30.3 Å². The van der Waals surface area contributed by atoms with Gasteiger partial charge in [0.1, 0.15) is 11.5 Å². The summed E-state index contributed by atoms with van der Waals surface area (Å²) in [6, 6.07) is 14.2. The third kappa shape index (κ3) is 3.48. The molecule has 0 saturated heterocycles. The summed E-state index contributed by atoms with van der Waals surface area (Å²) in [6.45, 7) is 2.00. The second-order valence-electron chi connectivity index (χ2n) is 4.27. The normalized spacial score (nSPS) is 10.7. The van der Waals surface area contributed by atoms with E-state index in [1.165, 1.54) is 12.2 Å². The first-order valence-corrected chi connectivity index (χ1v) is 6.46. The van der Waals surface area contributed by atoms with Crippen LogP contribution in [0.3, 0.4) is 0 Å². The molecule has 0 heterocycles. The van der Waals surface area contributed by atoms with E-state index in [0.29, 0.717) is 11.3 Å². The standard InChI is InChI=1S/C17H16O3/c1-2-13-7-4-6-10-16(13)20-17(19)12-11-14-8-3-5-9-15(14)18/h3-12,18H,2H2,1H3/b12-11+. The predicted octanol–water partition coefficient (Wildman–Crippen LogP) is 3.57. The zero-order chi connectivity index (χ0) is 14.4. The minimum Gasteiger partial charge on any atom is -0.507 e. The van der Waals surface area contributed by atoms with Crippen molar-refractivity contribution in [1.82, 2.24) is 0 Å². The molecule has 0 saturated carbocycles. The average Bonchev–Trinajstić information content (AvgIpc) is 2.47. The topological polar surface area (TPSA) is 46.5 Å². The van der Waals surface area contributed by atoms with Gasteiger partial charge in [-0.2, -0.15) is 0 Å². The molecule has 2 aromatic rings. The highest BCUT2D eigenvalue weighted by Gasteiger charge is 2.05. The van der Waals surface area contributed by atoms with Gasteiger partial charge in [-0.15, -0.1) is 0 Å². The molecule has 0 bridgehead atoms. The van der Waals surface area contributed by atoms with Gasteiger partial charge in [-0.25, -0.2) is 4.79 Å². The third-order valence-electron chi connectivity index (χ3n) is 2.90. The molecular formula is C17H16O3. The fraction of sp³-hybridized carbons (Fsp3) is 0.118. The Morgan fingerprint density at radius 3 is 2.60 bits per heavy atom. The monoisotopic (exact) mass is 268 g/mol. The van der Waals surface area contributed by atoms with Crippen molar-refractivity contribution in [3.05, 3.63) is 65.7 Å². The number of rotatable bonds is 4. The fourth-order valence-electron chi connectivity index (χ4n) is 1.82. The molecule has 1 N–H and O–H groups in total. The molecule has 3 nitrogen and oxygen atoms in total. The van der Waals surface area contributed by atoms with Crippen molar-refractivity contribution in [2.24, 2.45) is 0 Å². The quantitative estimate of drug-likeness (QED) is 0.524. The van der Waals surface area contributed by atoms with Gasteiger partial charge in [-0.1, -0.05) is 43.3 Å². The first kappa shape index (κ1) is 13.9. The second kappa shape index (κ2) is 6.57. The number of hydrogen-bond acceptors (Lipinski definition) is 3. The molecule has 0 amide bonds. The van der Waals surface area contributed by atoms with E-state index < -0.39 is 5.97 Å². The fourth-order valence-corrected chi connectivity index (χ4v) is 1.82. The van der Waals surface area contributed by atoms with Crippen LogP contribution in [0, 0.1) is 0 Å². The number of benzene rings is 2. The highest BCUT2D eigenvalue weighted by atomic mass is 16.5. The van der Waals surface area contributed by atoms with Crippen molar-refractivity contribution in [3.63, 3.8) is 0 Å². The van der Waals surface area contributed by atoms with Crippen molar-refractivity contribution in [3.8, 4) is 11.5 Å². The Labute approximate surface area is 118 Å². The van der Waals surface area contributed by atoms with Crippen LogP contribution in [0.1, 0.15) is 18.1 Å². The number of aromatic hydroxyl groups is 1. The van der Waals surface area contributed by atoms with Crippen molar-refractivity contribution < 1.29 is 14.6 Å². The number of phenolic OH excluding ortho intramolecular Hbond substituents is 1. The molecule has 0 aliphatic heterocycles. The highest BCUT2D eigenvalue weighted by Crippen LogP contribution is 2.20. The third-order valence-corrected chi connectivity index (χ3v) is 2.90. The predicted molar refractivity (Wildman–Crippen MR) is 78.6 cm³/mol. The minimum atomic E-state index is -0.464. The number of ether oxygens (including phenoxy) is 1. The van der Waals surface area contributed by atoms with E-state index >= 15 is 0 Å². The van der Waals surface area contributed by atoms with E-state index in [1.807, 2.05) is 25.1 Å². The molecule has 0 spiro atoms. The summed E-state index contributed by atoms with van der Waals surface area (Å²) < 4.78 is 5.29. The number of aryl methyl sites for hydroxylation is 1. The second-order valence-corrected chi connectivity index (χ2v) is 4.27. The molecule has 0 fully saturated rings. The van der Waals surface area contributed by atoms with Crippen molar-refractivity contribution in [2.45, 2.75) is 13.3 Å². The lowest BCUT2D eigenvalue weighted by atomic mass is 10.1. The van der Waals surface area contributed by atoms with Crippen LogP contribution in [0.15, 0.2) is 54.6 Å². The average molecular weight is 268 g/mol. The van der Waals surface area contributed by atoms with Crippen LogP contribution in [0.2, 0.25) is 0 Å². The SMILES string of the molecule is CCc1ccccc1OC(=O)/C=C/c1ccccc1O. The van der Waals surface area contributed by atoms with Gasteiger partial charge in [-0.05, 0) is 30.2 Å². The largest absolute Gasteiger partial charge is 0.507 e. The maximum Gasteiger partial charge on any atom is 0.336 e. The van der Waals surface area contributed by atoms with Crippen LogP contribution in [-0.2, 0) is 11.2 Å². The summed E-state index contributed by atoms with van der Waals surface area (Å²) in [5.74, 6) is 0.238. The van der Waals surface area contributed by atoms with E-state index in [-0.39, 0.29) is 5.75 Å². The van der Waals surface area contributed by atoms with E-state index in [2.05, 4.69) is 0 Å². The van der Waals surface area contributed by atoms with Crippen LogP contribution < -0.4 is 4.74 Å². The first-order valence-electron chi connectivity index (χ1n) is 6.46. The van der Waals surface area contributed by atoms with Crippen molar-refractivity contribution in [2.75, 3.05) is 0 Å². The maximum atomic E-state index is 11.8. The van der Waals surface area contributed by atoms with Crippen LogP contribution >= 0.6 is 0 Å². The lowest BCUT2D eigenvalue weighted by Crippen LogP contribution is -2.05. The summed E-state index contributed by atoms with van der Waals surface area (Å²) in [5.41, 5.74) is 1.56. The lowest BCUT2D eigenvalue weighted by molar-refractivity contribution is -0.128. The molecule has 102 valence electrons. The summed E-state index contributed by atoms with van der Waals surface area (Å²) >= 11 is 0. The Bertz CT molecular complexity index is 630. The number of phenols is 1. The summed E-state index contributed by atoms with van der Waals surface area (Å²) in [6.07, 6.45) is 3.64. The summed E-state index contributed by atoms with van der Waals surface area (Å²) in [4.78, 5) is 11.8. The molecule has 0 unspecified atom stereocenters. The van der Waals surface area contributed by atoms with Crippen molar-refractivity contribution >= 4 is 12.0 Å². The Kier molecular flexibility index (Phi) is 4.56. The van der Waals surface area contributed by atoms with Gasteiger partial charge in [-0.3, -0.25) is 0 Å². The number of hydrogen-bond donors (Lipinski definition) is 1. The Morgan fingerprint density at radius 1 is 1.15 bits per heavy atom. The molecular weight excluding hydrogens is 252 g/mol. The molecule has 2 rings (SSSR count). The number of carbonyl (C=O) groups excluding carboxylic acids is 1. The maximum absolute atomic E-state index is 11.8. The van der Waals surface area contributed by atoms with Gasteiger partial charge in [0.15, 0.2) is 0 Å². The van der Waals surface area contributed by atoms with Gasteiger partial charge < -0.3 is 9.84 Å². The van der Waals surface area contributed by atoms with Crippen molar-refractivity contribution in [1.29, 1.82) is 0 Å². The summed E-state index contributed by atoms with van der Waals surface area (Å²) in [7, 11) is 0. The van der Waals surface area contributed by atoms with Crippen LogP contribution in [0.5, 0.6) is 11.5 Å². The van der Waals surface area contributed by atoms with E-state index in [4.69, 9.17) is 4.74 Å². The van der Waals surface area contributed by atoms with Crippen LogP contribution in [0.4, 0.5) is 0 Å². The molecule has 3 heteroatoms. The molecule has 20 heavy (non-hydrogen) atoms. The molecule has 2 aromatic carbocycles. The molecule has 0 radical (unpaired) electrons. The minimum absolute atomic E-state index is 0.130. The Hall–Kier alpha value is -2.55. The van der Waals surface area contributed by atoms with Gasteiger partial charge in [0.25, 0.3) is 0 Å². The van der Waals surface area contributed by atoms with E-state index in [0.717, 1.165) is 12.0 Å². The van der Waals surface area contributed by atoms with Gasteiger partial charge in [0.05, 0.1) is 0 Å². The smallest absolute Gasteiger partial charge is 0.336 e. The number of esters is 1.